The van der Waals surface area contributed by atoms with Crippen LogP contribution in [0.4, 0.5) is 0 Å². The zero-order chi connectivity index (χ0) is 7.61. The van der Waals surface area contributed by atoms with E-state index in [0.29, 0.717) is 6.04 Å². The Morgan fingerprint density at radius 1 is 1.50 bits per heavy atom. The van der Waals surface area contributed by atoms with Crippen molar-refractivity contribution < 1.29 is 5.11 Å². The molecule has 0 radical (unpaired) electrons. The van der Waals surface area contributed by atoms with E-state index in [0.717, 1.165) is 25.7 Å². The predicted molar refractivity (Wildman–Crippen MR) is 42.4 cm³/mol. The second kappa shape index (κ2) is 2.70. The van der Waals surface area contributed by atoms with Gasteiger partial charge in [0.2, 0.25) is 0 Å². The van der Waals surface area contributed by atoms with Crippen LogP contribution in [0.15, 0.2) is 4.99 Å². The molecule has 0 unspecified atom stereocenters. The number of hydrogen-bond donors (Lipinski definition) is 1. The molecule has 0 bridgehead atoms. The molecule has 2 heteroatoms. The van der Waals surface area contributed by atoms with Crippen molar-refractivity contribution in [2.24, 2.45) is 4.99 Å². The van der Waals surface area contributed by atoms with Gasteiger partial charge in [-0.15, -0.1) is 0 Å². The Hall–Kier alpha value is -0.370. The lowest BCUT2D eigenvalue weighted by Crippen LogP contribution is -2.31. The van der Waals surface area contributed by atoms with Crippen LogP contribution in [-0.2, 0) is 0 Å². The van der Waals surface area contributed by atoms with E-state index >= 15 is 0 Å². The molecule has 0 aliphatic heterocycles. The van der Waals surface area contributed by atoms with Crippen molar-refractivity contribution in [3.63, 3.8) is 0 Å². The zero-order valence-electron chi connectivity index (χ0n) is 6.51. The van der Waals surface area contributed by atoms with Crippen LogP contribution in [0, 0.1) is 0 Å². The van der Waals surface area contributed by atoms with E-state index in [1.807, 2.05) is 6.92 Å². The van der Waals surface area contributed by atoms with E-state index in [9.17, 15) is 5.11 Å². The van der Waals surface area contributed by atoms with Gasteiger partial charge in [0.15, 0.2) is 0 Å². The minimum atomic E-state index is -0.429. The standard InChI is InChI=1S/C8H15NO/c1-8(10)5-3-7(9-2)4-6-8/h7,10H,2-6H2,1H3/t7-,8+. The number of aliphatic imine (C=N–C) groups is 1. The van der Waals surface area contributed by atoms with Crippen LogP contribution in [0.3, 0.4) is 0 Å². The molecule has 0 heterocycles. The highest BCUT2D eigenvalue weighted by atomic mass is 16.3. The summed E-state index contributed by atoms with van der Waals surface area (Å²) in [5, 5.41) is 9.53. The van der Waals surface area contributed by atoms with Crippen LogP contribution in [-0.4, -0.2) is 23.5 Å². The lowest BCUT2D eigenvalue weighted by atomic mass is 9.84. The molecular weight excluding hydrogens is 126 g/mol. The van der Waals surface area contributed by atoms with Crippen molar-refractivity contribution >= 4 is 6.72 Å². The molecular formula is C8H15NO. The molecule has 1 saturated carbocycles. The molecule has 1 aliphatic carbocycles. The maximum Gasteiger partial charge on any atom is 0.0621 e. The van der Waals surface area contributed by atoms with Gasteiger partial charge in [-0.05, 0) is 39.3 Å². The summed E-state index contributed by atoms with van der Waals surface area (Å²) in [6, 6.07) is 0.403. The summed E-state index contributed by atoms with van der Waals surface area (Å²) in [7, 11) is 0. The van der Waals surface area contributed by atoms with Gasteiger partial charge in [-0.25, -0.2) is 0 Å². The third kappa shape index (κ3) is 1.81. The number of rotatable bonds is 1. The van der Waals surface area contributed by atoms with Crippen molar-refractivity contribution in [1.82, 2.24) is 0 Å². The van der Waals surface area contributed by atoms with Crippen LogP contribution in [0.25, 0.3) is 0 Å². The summed E-state index contributed by atoms with van der Waals surface area (Å²) in [6.07, 6.45) is 3.74. The van der Waals surface area contributed by atoms with Crippen LogP contribution in [0.1, 0.15) is 32.6 Å². The van der Waals surface area contributed by atoms with Gasteiger partial charge in [0.25, 0.3) is 0 Å². The third-order valence-corrected chi connectivity index (χ3v) is 2.29. The monoisotopic (exact) mass is 141 g/mol. The van der Waals surface area contributed by atoms with E-state index in [4.69, 9.17) is 0 Å². The molecule has 0 atom stereocenters. The number of nitrogens with zero attached hydrogens (tertiary/aromatic N) is 1. The highest BCUT2D eigenvalue weighted by molar-refractivity contribution is 5.24. The largest absolute Gasteiger partial charge is 0.390 e. The van der Waals surface area contributed by atoms with Gasteiger partial charge in [0.1, 0.15) is 0 Å². The maximum atomic E-state index is 9.53. The smallest absolute Gasteiger partial charge is 0.0621 e. The first-order chi connectivity index (χ1) is 4.64. The average Bonchev–Trinajstić information content (AvgIpc) is 1.88. The lowest BCUT2D eigenvalue weighted by Gasteiger charge is -2.30. The van der Waals surface area contributed by atoms with Crippen LogP contribution >= 0.6 is 0 Å². The molecule has 1 N–H and O–H groups in total. The SMILES string of the molecule is C=N[C@H]1CC[C@@](C)(O)CC1. The number of hydrogen-bond acceptors (Lipinski definition) is 2. The summed E-state index contributed by atoms with van der Waals surface area (Å²) in [5.74, 6) is 0. The highest BCUT2D eigenvalue weighted by Crippen LogP contribution is 2.28. The normalized spacial score (nSPS) is 41.2. The number of aliphatic hydroxyl groups is 1. The first kappa shape index (κ1) is 7.73. The zero-order valence-corrected chi connectivity index (χ0v) is 6.51. The third-order valence-electron chi connectivity index (χ3n) is 2.29. The predicted octanol–water partition coefficient (Wildman–Crippen LogP) is 1.38. The molecule has 1 fully saturated rings. The summed E-state index contributed by atoms with van der Waals surface area (Å²) >= 11 is 0. The van der Waals surface area contributed by atoms with Crippen molar-refractivity contribution in [3.05, 3.63) is 0 Å². The molecule has 1 rings (SSSR count). The van der Waals surface area contributed by atoms with Crippen molar-refractivity contribution in [2.45, 2.75) is 44.2 Å². The van der Waals surface area contributed by atoms with E-state index in [-0.39, 0.29) is 0 Å². The lowest BCUT2D eigenvalue weighted by molar-refractivity contribution is 0.0182. The van der Waals surface area contributed by atoms with E-state index in [2.05, 4.69) is 11.7 Å². The van der Waals surface area contributed by atoms with Crippen LogP contribution < -0.4 is 0 Å². The molecule has 0 saturated heterocycles. The molecule has 0 aromatic rings. The second-order valence-corrected chi connectivity index (χ2v) is 3.41. The average molecular weight is 141 g/mol. The van der Waals surface area contributed by atoms with Crippen LogP contribution in [0.2, 0.25) is 0 Å². The molecule has 2 nitrogen and oxygen atoms in total. The Balaban J connectivity index is 2.38. The van der Waals surface area contributed by atoms with Crippen LogP contribution in [0.5, 0.6) is 0 Å². The quantitative estimate of drug-likeness (QED) is 0.550. The van der Waals surface area contributed by atoms with Gasteiger partial charge in [0, 0.05) is 6.04 Å². The van der Waals surface area contributed by atoms with Gasteiger partial charge >= 0.3 is 0 Å². The Morgan fingerprint density at radius 3 is 2.40 bits per heavy atom. The minimum absolute atomic E-state index is 0.403. The van der Waals surface area contributed by atoms with E-state index in [1.165, 1.54) is 0 Å². The molecule has 0 aromatic carbocycles. The fourth-order valence-electron chi connectivity index (χ4n) is 1.41. The van der Waals surface area contributed by atoms with Crippen molar-refractivity contribution in [1.29, 1.82) is 0 Å². The molecule has 1 aliphatic rings. The molecule has 10 heavy (non-hydrogen) atoms. The summed E-state index contributed by atoms with van der Waals surface area (Å²) in [5.41, 5.74) is -0.429. The first-order valence-electron chi connectivity index (χ1n) is 3.82. The Labute approximate surface area is 62.0 Å². The Kier molecular flexibility index (Phi) is 2.09. The minimum Gasteiger partial charge on any atom is -0.390 e. The molecule has 58 valence electrons. The van der Waals surface area contributed by atoms with Gasteiger partial charge in [-0.1, -0.05) is 0 Å². The first-order valence-corrected chi connectivity index (χ1v) is 3.82. The highest BCUT2D eigenvalue weighted by Gasteiger charge is 2.27. The van der Waals surface area contributed by atoms with Crippen molar-refractivity contribution in [3.8, 4) is 0 Å². The summed E-state index contributed by atoms with van der Waals surface area (Å²) in [4.78, 5) is 3.95. The Bertz CT molecular complexity index is 121. The molecule has 0 spiro atoms. The van der Waals surface area contributed by atoms with E-state index in [1.54, 1.807) is 0 Å². The second-order valence-electron chi connectivity index (χ2n) is 3.41. The molecule has 0 amide bonds. The van der Waals surface area contributed by atoms with E-state index < -0.39 is 5.60 Å². The Morgan fingerprint density at radius 2 is 2.00 bits per heavy atom. The van der Waals surface area contributed by atoms with Gasteiger partial charge < -0.3 is 5.11 Å². The van der Waals surface area contributed by atoms with Gasteiger partial charge in [-0.2, -0.15) is 0 Å². The van der Waals surface area contributed by atoms with Gasteiger partial charge in [-0.3, -0.25) is 4.99 Å². The maximum absolute atomic E-state index is 9.53. The summed E-state index contributed by atoms with van der Waals surface area (Å²) in [6.45, 7) is 5.40. The fraction of sp³-hybridized carbons (Fsp3) is 0.875. The summed E-state index contributed by atoms with van der Waals surface area (Å²) < 4.78 is 0. The topological polar surface area (TPSA) is 32.6 Å². The fourth-order valence-corrected chi connectivity index (χ4v) is 1.41. The van der Waals surface area contributed by atoms with Crippen molar-refractivity contribution in [2.75, 3.05) is 0 Å². The molecule has 0 aromatic heterocycles. The van der Waals surface area contributed by atoms with Gasteiger partial charge in [0.05, 0.1) is 5.60 Å².